The number of nitrogens with one attached hydrogen (secondary N) is 1. The molecular weight excluding hydrogens is 576 g/mol. The van der Waals surface area contributed by atoms with E-state index in [1.54, 1.807) is 0 Å². The number of piperidine rings is 2. The number of likely N-dealkylation sites (N-methyl/N-ethyl adjacent to an activating group) is 1. The third-order valence-corrected chi connectivity index (χ3v) is 11.0. The van der Waals surface area contributed by atoms with E-state index in [9.17, 15) is 4.79 Å². The molecule has 1 aromatic carbocycles. The number of aliphatic imine (C=N–C) groups is 2. The van der Waals surface area contributed by atoms with E-state index in [1.165, 1.54) is 18.3 Å². The van der Waals surface area contributed by atoms with Crippen LogP contribution in [0.2, 0.25) is 0 Å². The Morgan fingerprint density at radius 2 is 1.78 bits per heavy atom. The second-order valence-corrected chi connectivity index (χ2v) is 14.7. The van der Waals surface area contributed by atoms with Gasteiger partial charge in [0.15, 0.2) is 0 Å². The molecule has 1 N–H and O–H groups in total. The lowest BCUT2D eigenvalue weighted by molar-refractivity contribution is -0.121. The van der Waals surface area contributed by atoms with Crippen LogP contribution in [0.4, 0.5) is 23.0 Å². The number of carbonyl (C=O) groups excluding carboxylic acids is 1. The SMILES string of the molecule is C=CN=C(/N=C1\CC[C@@]2(C)COC(C)(C)C[C@H]2N1c1cccc(N2C(=O)CC[C@@H]2C)n1)Nc1ccc(N2C[C@H]3C[C@@H](C2)N3C)cc1. The lowest BCUT2D eigenvalue weighted by atomic mass is 9.69. The van der Waals surface area contributed by atoms with Gasteiger partial charge in [-0.3, -0.25) is 14.6 Å². The van der Waals surface area contributed by atoms with E-state index in [0.29, 0.717) is 36.9 Å². The van der Waals surface area contributed by atoms with Crippen molar-refractivity contribution in [3.63, 3.8) is 0 Å². The van der Waals surface area contributed by atoms with Crippen LogP contribution >= 0.6 is 0 Å². The predicted molar refractivity (Wildman–Crippen MR) is 186 cm³/mol. The van der Waals surface area contributed by atoms with Crippen molar-refractivity contribution >= 4 is 40.7 Å². The molecule has 0 radical (unpaired) electrons. The Kier molecular flexibility index (Phi) is 7.92. The molecule has 7 heterocycles. The highest BCUT2D eigenvalue weighted by Crippen LogP contribution is 2.47. The van der Waals surface area contributed by atoms with Gasteiger partial charge in [-0.15, -0.1) is 0 Å². The van der Waals surface area contributed by atoms with E-state index in [-0.39, 0.29) is 29.0 Å². The van der Waals surface area contributed by atoms with Gasteiger partial charge in [-0.05, 0) is 89.9 Å². The standard InChI is InChI=1S/C36H48N8O2/c1-7-37-34(38-25-12-14-26(15-13-25)42-21-27-19-28(22-42)41(27)6)40-32-17-18-36(5)23-46-35(3,4)20-29(36)44(32)31-10-8-9-30(39-31)43-24(2)11-16-33(43)45/h7-10,12-15,24,27-29H,1,11,16-23H2,2-6H3,(H,37,38)/b40-32+/t24-,27-,28+,29+,36-/m0/s1. The zero-order chi connectivity index (χ0) is 32.2. The summed E-state index contributed by atoms with van der Waals surface area (Å²) in [4.78, 5) is 36.8. The van der Waals surface area contributed by atoms with Crippen LogP contribution in [-0.4, -0.2) is 84.1 Å². The molecule has 244 valence electrons. The van der Waals surface area contributed by atoms with Gasteiger partial charge in [-0.1, -0.05) is 19.6 Å². The number of amidine groups is 1. The van der Waals surface area contributed by atoms with Crippen LogP contribution in [0.25, 0.3) is 0 Å². The lowest BCUT2D eigenvalue weighted by Crippen LogP contribution is -2.67. The van der Waals surface area contributed by atoms with Crippen molar-refractivity contribution < 1.29 is 9.53 Å². The third kappa shape index (κ3) is 5.70. The number of anilines is 4. The minimum absolute atomic E-state index is 0.0775. The maximum absolute atomic E-state index is 12.8. The Hall–Kier alpha value is -3.76. The van der Waals surface area contributed by atoms with Crippen LogP contribution in [0.5, 0.6) is 0 Å². The van der Waals surface area contributed by atoms with Crippen LogP contribution in [0, 0.1) is 5.41 Å². The molecule has 1 aromatic heterocycles. The molecule has 0 saturated carbocycles. The molecule has 8 rings (SSSR count). The van der Waals surface area contributed by atoms with Gasteiger partial charge in [0.2, 0.25) is 11.9 Å². The van der Waals surface area contributed by atoms with Crippen molar-refractivity contribution in [1.82, 2.24) is 9.88 Å². The number of hydrogen-bond donors (Lipinski definition) is 1. The first kappa shape index (κ1) is 30.9. The number of piperazine rings is 1. The molecule has 2 bridgehead atoms. The van der Waals surface area contributed by atoms with Crippen LogP contribution in [0.3, 0.4) is 0 Å². The van der Waals surface area contributed by atoms with E-state index in [4.69, 9.17) is 14.7 Å². The highest BCUT2D eigenvalue weighted by molar-refractivity contribution is 6.09. The summed E-state index contributed by atoms with van der Waals surface area (Å²) in [5.74, 6) is 3.00. The molecule has 6 fully saturated rings. The zero-order valence-electron chi connectivity index (χ0n) is 27.9. The maximum atomic E-state index is 12.8. The van der Waals surface area contributed by atoms with E-state index in [2.05, 4.69) is 90.6 Å². The number of rotatable bonds is 5. The Morgan fingerprint density at radius 1 is 1.07 bits per heavy atom. The van der Waals surface area contributed by atoms with E-state index in [1.807, 2.05) is 23.1 Å². The summed E-state index contributed by atoms with van der Waals surface area (Å²) >= 11 is 0. The highest BCUT2D eigenvalue weighted by Gasteiger charge is 2.51. The number of pyridine rings is 1. The Morgan fingerprint density at radius 3 is 2.43 bits per heavy atom. The van der Waals surface area contributed by atoms with E-state index in [0.717, 1.165) is 56.1 Å². The molecule has 2 aromatic rings. The first-order chi connectivity index (χ1) is 22.0. The summed E-state index contributed by atoms with van der Waals surface area (Å²) in [7, 11) is 2.24. The summed E-state index contributed by atoms with van der Waals surface area (Å²) in [5, 5.41) is 3.46. The van der Waals surface area contributed by atoms with Gasteiger partial charge in [0, 0.05) is 73.1 Å². The minimum Gasteiger partial charge on any atom is -0.375 e. The molecule has 10 heteroatoms. The van der Waals surface area contributed by atoms with Gasteiger partial charge in [-0.25, -0.2) is 9.98 Å². The van der Waals surface area contributed by atoms with Crippen LogP contribution in [0.15, 0.2) is 65.2 Å². The highest BCUT2D eigenvalue weighted by atomic mass is 16.5. The Labute approximate surface area is 273 Å². The molecule has 0 spiro atoms. The van der Waals surface area contributed by atoms with Crippen molar-refractivity contribution in [2.75, 3.05) is 46.8 Å². The van der Waals surface area contributed by atoms with Crippen molar-refractivity contribution in [2.24, 2.45) is 15.4 Å². The number of hydrogen-bond acceptors (Lipinski definition) is 6. The van der Waals surface area contributed by atoms with E-state index >= 15 is 0 Å². The first-order valence-corrected chi connectivity index (χ1v) is 16.9. The molecule has 10 nitrogen and oxygen atoms in total. The smallest absolute Gasteiger partial charge is 0.228 e. The predicted octanol–water partition coefficient (Wildman–Crippen LogP) is 5.67. The third-order valence-electron chi connectivity index (χ3n) is 11.0. The van der Waals surface area contributed by atoms with Crippen molar-refractivity contribution in [3.05, 3.63) is 55.2 Å². The molecule has 0 unspecified atom stereocenters. The molecule has 46 heavy (non-hydrogen) atoms. The Bertz CT molecular complexity index is 1540. The average Bonchev–Trinajstić information content (AvgIpc) is 3.39. The normalized spacial score (nSPS) is 31.9. The molecule has 6 aliphatic rings. The summed E-state index contributed by atoms with van der Waals surface area (Å²) in [6, 6.07) is 16.1. The number of guanidine groups is 1. The fourth-order valence-corrected chi connectivity index (χ4v) is 8.02. The number of fused-ring (bicyclic) bond motifs is 3. The van der Waals surface area contributed by atoms with Gasteiger partial charge in [-0.2, -0.15) is 4.99 Å². The van der Waals surface area contributed by atoms with Crippen molar-refractivity contribution in [2.45, 2.75) is 96.0 Å². The first-order valence-electron chi connectivity index (χ1n) is 16.9. The second-order valence-electron chi connectivity index (χ2n) is 14.7. The van der Waals surface area contributed by atoms with Gasteiger partial charge in [0.1, 0.15) is 17.5 Å². The molecule has 5 atom stereocenters. The van der Waals surface area contributed by atoms with Crippen LogP contribution in [0.1, 0.15) is 66.2 Å². The fraction of sp³-hybridized carbons (Fsp3) is 0.556. The zero-order valence-corrected chi connectivity index (χ0v) is 27.9. The summed E-state index contributed by atoms with van der Waals surface area (Å²) in [5.41, 5.74) is 1.81. The number of nitrogens with zero attached hydrogens (tertiary/aromatic N) is 7. The number of aromatic nitrogens is 1. The van der Waals surface area contributed by atoms with Crippen molar-refractivity contribution in [1.29, 1.82) is 0 Å². The maximum Gasteiger partial charge on any atom is 0.228 e. The monoisotopic (exact) mass is 624 g/mol. The largest absolute Gasteiger partial charge is 0.375 e. The summed E-state index contributed by atoms with van der Waals surface area (Å²) < 4.78 is 6.36. The quantitative estimate of drug-likeness (QED) is 0.339. The molecular formula is C36H48N8O2. The molecule has 6 aliphatic heterocycles. The lowest BCUT2D eigenvalue weighted by Gasteiger charge is -2.55. The number of benzene rings is 1. The number of carbonyl (C=O) groups is 1. The number of amides is 1. The van der Waals surface area contributed by atoms with Crippen LogP contribution < -0.4 is 20.0 Å². The van der Waals surface area contributed by atoms with Gasteiger partial charge < -0.3 is 19.9 Å². The van der Waals surface area contributed by atoms with E-state index < -0.39 is 0 Å². The van der Waals surface area contributed by atoms with Gasteiger partial charge >= 0.3 is 0 Å². The molecule has 1 amide bonds. The minimum atomic E-state index is -0.287. The topological polar surface area (TPSA) is 88.9 Å². The summed E-state index contributed by atoms with van der Waals surface area (Å²) in [6.07, 6.45) is 6.75. The van der Waals surface area contributed by atoms with Gasteiger partial charge in [0.25, 0.3) is 0 Å². The second kappa shape index (κ2) is 11.8. The molecule has 6 saturated heterocycles. The molecule has 0 aliphatic carbocycles. The average molecular weight is 625 g/mol. The van der Waals surface area contributed by atoms with Crippen LogP contribution in [-0.2, 0) is 9.53 Å². The summed E-state index contributed by atoms with van der Waals surface area (Å²) in [6.45, 7) is 15.4. The van der Waals surface area contributed by atoms with Gasteiger partial charge in [0.05, 0.1) is 12.2 Å². The number of ether oxygens (including phenoxy) is 1. The fourth-order valence-electron chi connectivity index (χ4n) is 8.02. The van der Waals surface area contributed by atoms with Crippen molar-refractivity contribution in [3.8, 4) is 0 Å². The Balaban J connectivity index is 1.19.